The molecule has 0 N–H and O–H groups in total. The summed E-state index contributed by atoms with van der Waals surface area (Å²) >= 11 is 10.3. The van der Waals surface area contributed by atoms with E-state index in [9.17, 15) is 0 Å². The van der Waals surface area contributed by atoms with Gasteiger partial charge in [-0.1, -0.05) is 66.0 Å². The molecule has 9 heavy (non-hydrogen) atoms. The van der Waals surface area contributed by atoms with Gasteiger partial charge >= 0.3 is 0 Å². The zero-order chi connectivity index (χ0) is 6.91. The van der Waals surface area contributed by atoms with Crippen LogP contribution in [0.4, 0.5) is 0 Å². The maximum absolute atomic E-state index is 3.48. The summed E-state index contributed by atoms with van der Waals surface area (Å²) in [5.74, 6) is 0. The molecule has 0 aromatic rings. The summed E-state index contributed by atoms with van der Waals surface area (Å²) in [5, 5.41) is 0. The third kappa shape index (κ3) is 2.56. The molecule has 0 amide bonds. The van der Waals surface area contributed by atoms with Gasteiger partial charge in [0.05, 0.1) is 0 Å². The lowest BCUT2D eigenvalue weighted by Gasteiger charge is -2.16. The Kier molecular flexibility index (Phi) is 2.57. The molecule has 0 saturated carbocycles. The normalized spacial score (nSPS) is 23.7. The highest BCUT2D eigenvalue weighted by Gasteiger charge is 2.19. The summed E-state index contributed by atoms with van der Waals surface area (Å²) in [7, 11) is 0. The molecule has 0 spiro atoms. The maximum Gasteiger partial charge on any atom is 0.102 e. The van der Waals surface area contributed by atoms with E-state index >= 15 is 0 Å². The second-order valence-corrected chi connectivity index (χ2v) is 6.70. The van der Waals surface area contributed by atoms with Crippen molar-refractivity contribution >= 4 is 47.8 Å². The van der Waals surface area contributed by atoms with Gasteiger partial charge in [0.15, 0.2) is 0 Å². The van der Waals surface area contributed by atoms with E-state index in [0.29, 0.717) is 0 Å². The lowest BCUT2D eigenvalue weighted by atomic mass is 10.2. The van der Waals surface area contributed by atoms with E-state index in [1.54, 1.807) is 0 Å². The highest BCUT2D eigenvalue weighted by atomic mass is 79.9. The quantitative estimate of drug-likeness (QED) is 0.598. The summed E-state index contributed by atoms with van der Waals surface area (Å²) in [4.78, 5) is 0. The molecule has 3 heteroatoms. The average Bonchev–Trinajstić information content (AvgIpc) is 1.78. The summed E-state index contributed by atoms with van der Waals surface area (Å²) in [6.45, 7) is 0. The van der Waals surface area contributed by atoms with E-state index in [2.05, 4.69) is 59.9 Å². The van der Waals surface area contributed by atoms with Crippen molar-refractivity contribution in [1.82, 2.24) is 0 Å². The van der Waals surface area contributed by atoms with Crippen molar-refractivity contribution in [3.63, 3.8) is 0 Å². The van der Waals surface area contributed by atoms with Crippen LogP contribution in [0.2, 0.25) is 0 Å². The van der Waals surface area contributed by atoms with E-state index in [1.807, 2.05) is 6.08 Å². The fourth-order valence-electron chi connectivity index (χ4n) is 0.571. The second kappa shape index (κ2) is 2.89. The predicted molar refractivity (Wildman–Crippen MR) is 51.4 cm³/mol. The molecule has 0 aliphatic heterocycles. The van der Waals surface area contributed by atoms with Crippen LogP contribution >= 0.6 is 47.8 Å². The molecule has 0 radical (unpaired) electrons. The molecule has 1 aliphatic rings. The lowest BCUT2D eigenvalue weighted by Crippen LogP contribution is -2.07. The average molecular weight is 317 g/mol. The van der Waals surface area contributed by atoms with E-state index in [4.69, 9.17) is 0 Å². The molecule has 50 valence electrons. The van der Waals surface area contributed by atoms with Crippen LogP contribution in [0.5, 0.6) is 0 Å². The van der Waals surface area contributed by atoms with Crippen molar-refractivity contribution in [1.29, 1.82) is 0 Å². The summed E-state index contributed by atoms with van der Waals surface area (Å²) in [5.41, 5.74) is 0. The lowest BCUT2D eigenvalue weighted by molar-refractivity contribution is 1.02. The summed E-state index contributed by atoms with van der Waals surface area (Å²) in [6, 6.07) is 0. The Morgan fingerprint density at radius 3 is 2.44 bits per heavy atom. The van der Waals surface area contributed by atoms with Gasteiger partial charge in [0.1, 0.15) is 3.23 Å². The number of halogens is 3. The van der Waals surface area contributed by atoms with Crippen LogP contribution in [0.3, 0.4) is 0 Å². The summed E-state index contributed by atoms with van der Waals surface area (Å²) in [6.07, 6.45) is 7.18. The molecule has 0 aromatic carbocycles. The first-order valence-corrected chi connectivity index (χ1v) is 4.91. The van der Waals surface area contributed by atoms with Crippen molar-refractivity contribution in [3.8, 4) is 0 Å². The third-order valence-electron chi connectivity index (χ3n) is 1.06. The van der Waals surface area contributed by atoms with Gasteiger partial charge in [0.2, 0.25) is 0 Å². The molecular formula is C6H5Br3. The van der Waals surface area contributed by atoms with Gasteiger partial charge in [-0.2, -0.15) is 0 Å². The van der Waals surface area contributed by atoms with E-state index in [1.165, 1.54) is 0 Å². The molecule has 0 bridgehead atoms. The van der Waals surface area contributed by atoms with Crippen molar-refractivity contribution in [3.05, 3.63) is 22.7 Å². The minimum atomic E-state index is -0.00271. The Labute approximate surface area is 79.8 Å². The number of allylic oxidation sites excluding steroid dienone is 4. The Bertz CT molecular complexity index is 167. The summed E-state index contributed by atoms with van der Waals surface area (Å²) < 4.78 is 1.15. The number of hydrogen-bond acceptors (Lipinski definition) is 0. The van der Waals surface area contributed by atoms with Gasteiger partial charge in [-0.15, -0.1) is 0 Å². The zero-order valence-electron chi connectivity index (χ0n) is 4.57. The highest BCUT2D eigenvalue weighted by Crippen LogP contribution is 2.36. The van der Waals surface area contributed by atoms with Crippen LogP contribution < -0.4 is 0 Å². The standard InChI is InChI=1S/C6H5Br3/c7-5-1-3-6(8,9)4-2-5/h1-3H,4H2. The third-order valence-corrected chi connectivity index (χ3v) is 2.82. The first-order valence-electron chi connectivity index (χ1n) is 2.53. The highest BCUT2D eigenvalue weighted by molar-refractivity contribution is 9.25. The largest absolute Gasteiger partial charge is 0.102 e. The topological polar surface area (TPSA) is 0 Å². The maximum atomic E-state index is 3.48. The first kappa shape index (κ1) is 8.02. The molecule has 0 fully saturated rings. The minimum Gasteiger partial charge on any atom is -0.0677 e. The molecule has 1 rings (SSSR count). The fraction of sp³-hybridized carbons (Fsp3) is 0.333. The Morgan fingerprint density at radius 2 is 2.11 bits per heavy atom. The monoisotopic (exact) mass is 314 g/mol. The van der Waals surface area contributed by atoms with E-state index in [0.717, 1.165) is 10.9 Å². The van der Waals surface area contributed by atoms with Crippen molar-refractivity contribution in [2.45, 2.75) is 9.65 Å². The second-order valence-electron chi connectivity index (χ2n) is 1.89. The Hall–Kier alpha value is 0.920. The Balaban J connectivity index is 2.70. The van der Waals surface area contributed by atoms with Crippen LogP contribution in [0.25, 0.3) is 0 Å². The van der Waals surface area contributed by atoms with Crippen LogP contribution in [-0.4, -0.2) is 3.23 Å². The van der Waals surface area contributed by atoms with Gasteiger partial charge in [-0.3, -0.25) is 0 Å². The van der Waals surface area contributed by atoms with Crippen molar-refractivity contribution < 1.29 is 0 Å². The van der Waals surface area contributed by atoms with Crippen LogP contribution in [0.1, 0.15) is 6.42 Å². The van der Waals surface area contributed by atoms with Crippen molar-refractivity contribution in [2.75, 3.05) is 0 Å². The molecule has 1 aliphatic carbocycles. The van der Waals surface area contributed by atoms with Gasteiger partial charge < -0.3 is 0 Å². The number of hydrogen-bond donors (Lipinski definition) is 0. The molecule has 0 unspecified atom stereocenters. The number of rotatable bonds is 0. The predicted octanol–water partition coefficient (Wildman–Crippen LogP) is 3.71. The molecular weight excluding hydrogens is 312 g/mol. The Morgan fingerprint density at radius 1 is 1.44 bits per heavy atom. The van der Waals surface area contributed by atoms with Gasteiger partial charge in [-0.25, -0.2) is 0 Å². The van der Waals surface area contributed by atoms with Crippen LogP contribution in [0, 0.1) is 0 Å². The molecule has 0 nitrogen and oxygen atoms in total. The molecule has 0 aromatic heterocycles. The van der Waals surface area contributed by atoms with Crippen LogP contribution in [0.15, 0.2) is 22.7 Å². The smallest absolute Gasteiger partial charge is 0.0677 e. The van der Waals surface area contributed by atoms with Gasteiger partial charge in [0, 0.05) is 4.48 Å². The van der Waals surface area contributed by atoms with Gasteiger partial charge in [-0.05, 0) is 6.42 Å². The fourth-order valence-corrected chi connectivity index (χ4v) is 1.45. The molecule has 0 heterocycles. The SMILES string of the molecule is BrC1=CCC(Br)(Br)C=C1. The minimum absolute atomic E-state index is 0.00271. The van der Waals surface area contributed by atoms with Crippen molar-refractivity contribution in [2.24, 2.45) is 0 Å². The van der Waals surface area contributed by atoms with E-state index < -0.39 is 0 Å². The zero-order valence-corrected chi connectivity index (χ0v) is 9.33. The van der Waals surface area contributed by atoms with Crippen LogP contribution in [-0.2, 0) is 0 Å². The first-order chi connectivity index (χ1) is 4.10. The van der Waals surface area contributed by atoms with E-state index in [-0.39, 0.29) is 3.23 Å². The number of alkyl halides is 2. The molecule has 0 atom stereocenters. The van der Waals surface area contributed by atoms with Gasteiger partial charge in [0.25, 0.3) is 0 Å². The molecule has 0 saturated heterocycles.